The van der Waals surface area contributed by atoms with E-state index in [1.165, 1.54) is 0 Å². The molecule has 0 aliphatic rings. The number of hydrogen-bond donors (Lipinski definition) is 3. The van der Waals surface area contributed by atoms with Crippen molar-refractivity contribution in [3.63, 3.8) is 0 Å². The van der Waals surface area contributed by atoms with E-state index in [1.54, 1.807) is 12.1 Å². The molecule has 0 aliphatic heterocycles. The Morgan fingerprint density at radius 3 is 2.56 bits per heavy atom. The second kappa shape index (κ2) is 9.74. The van der Waals surface area contributed by atoms with Crippen molar-refractivity contribution in [3.8, 4) is 0 Å². The lowest BCUT2D eigenvalue weighted by atomic mass is 10.1. The lowest BCUT2D eigenvalue weighted by Crippen LogP contribution is -2.87. The number of aryl methyl sites for hydroxylation is 1. The quantitative estimate of drug-likeness (QED) is 0.658. The van der Waals surface area contributed by atoms with Crippen molar-refractivity contribution in [2.24, 2.45) is 0 Å². The molecule has 27 heavy (non-hydrogen) atoms. The van der Waals surface area contributed by atoms with Gasteiger partial charge >= 0.3 is 0 Å². The van der Waals surface area contributed by atoms with E-state index in [-0.39, 0.29) is 30.9 Å². The Labute approximate surface area is 169 Å². The van der Waals surface area contributed by atoms with E-state index in [9.17, 15) is 9.59 Å². The van der Waals surface area contributed by atoms with Crippen LogP contribution in [0.25, 0.3) is 0 Å². The maximum atomic E-state index is 12.1. The van der Waals surface area contributed by atoms with Gasteiger partial charge in [-0.05, 0) is 50.1 Å². The van der Waals surface area contributed by atoms with Gasteiger partial charge in [0.15, 0.2) is 6.54 Å². The van der Waals surface area contributed by atoms with E-state index >= 15 is 0 Å². The molecule has 0 heterocycles. The van der Waals surface area contributed by atoms with Gasteiger partial charge in [-0.25, -0.2) is 0 Å². The number of carbonyl (C=O) groups excluding carboxylic acids is 2. The Morgan fingerprint density at radius 1 is 1.11 bits per heavy atom. The lowest BCUT2D eigenvalue weighted by Gasteiger charge is -2.13. The normalized spacial score (nSPS) is 11.7. The summed E-state index contributed by atoms with van der Waals surface area (Å²) in [5.41, 5.74) is 3.77. The highest BCUT2D eigenvalue weighted by atomic mass is 35.5. The van der Waals surface area contributed by atoms with E-state index in [4.69, 9.17) is 23.2 Å². The van der Waals surface area contributed by atoms with Gasteiger partial charge in [0, 0.05) is 16.3 Å². The molecule has 0 unspecified atom stereocenters. The number of halogens is 2. The average molecular weight is 409 g/mol. The molecule has 2 amide bonds. The number of anilines is 1. The Hall–Kier alpha value is -2.08. The zero-order chi connectivity index (χ0) is 20.0. The minimum Gasteiger partial charge on any atom is -0.342 e. The third-order valence-electron chi connectivity index (χ3n) is 4.43. The van der Waals surface area contributed by atoms with E-state index < -0.39 is 0 Å². The van der Waals surface area contributed by atoms with Gasteiger partial charge in [-0.1, -0.05) is 41.4 Å². The van der Waals surface area contributed by atoms with Gasteiger partial charge < -0.3 is 16.0 Å². The Bertz CT molecular complexity index is 840. The standard InChI is InChI=1S/C20H23Cl2N3O2/c1-12-5-4-6-18(13(12)2)25-20(27)11-24-19(26)10-23-14(3)16-8-7-15(21)9-17(16)22/h4-9,14,23H,10-11H2,1-3H3,(H,24,26)(H,25,27)/p+1/t14-/m0/s1. The van der Waals surface area contributed by atoms with Crippen molar-refractivity contribution < 1.29 is 14.9 Å². The third kappa shape index (κ3) is 6.24. The zero-order valence-corrected chi connectivity index (χ0v) is 17.1. The summed E-state index contributed by atoms with van der Waals surface area (Å²) in [5, 5.41) is 8.44. The van der Waals surface area contributed by atoms with Gasteiger partial charge in [0.2, 0.25) is 5.91 Å². The van der Waals surface area contributed by atoms with Crippen LogP contribution in [0.1, 0.15) is 29.7 Å². The van der Waals surface area contributed by atoms with Crippen molar-refractivity contribution in [2.45, 2.75) is 26.8 Å². The molecule has 0 bridgehead atoms. The first-order valence-corrected chi connectivity index (χ1v) is 9.44. The molecule has 4 N–H and O–H groups in total. The monoisotopic (exact) mass is 408 g/mol. The van der Waals surface area contributed by atoms with E-state index in [0.29, 0.717) is 10.0 Å². The highest BCUT2D eigenvalue weighted by molar-refractivity contribution is 6.35. The van der Waals surface area contributed by atoms with Crippen LogP contribution in [0.5, 0.6) is 0 Å². The summed E-state index contributed by atoms with van der Waals surface area (Å²) in [5.74, 6) is -0.478. The van der Waals surface area contributed by atoms with Crippen molar-refractivity contribution in [2.75, 3.05) is 18.4 Å². The molecule has 0 saturated carbocycles. The van der Waals surface area contributed by atoms with Crippen LogP contribution < -0.4 is 16.0 Å². The number of rotatable bonds is 7. The summed E-state index contributed by atoms with van der Waals surface area (Å²) in [6.07, 6.45) is 0. The highest BCUT2D eigenvalue weighted by Crippen LogP contribution is 2.24. The van der Waals surface area contributed by atoms with Crippen molar-refractivity contribution in [1.29, 1.82) is 0 Å². The third-order valence-corrected chi connectivity index (χ3v) is 5.00. The minimum atomic E-state index is -0.258. The summed E-state index contributed by atoms with van der Waals surface area (Å²) >= 11 is 12.1. The van der Waals surface area contributed by atoms with Crippen molar-refractivity contribution in [3.05, 3.63) is 63.1 Å². The van der Waals surface area contributed by atoms with Crippen LogP contribution in [0.15, 0.2) is 36.4 Å². The van der Waals surface area contributed by atoms with E-state index in [1.807, 2.05) is 50.4 Å². The number of carbonyl (C=O) groups is 2. The molecule has 144 valence electrons. The molecule has 5 nitrogen and oxygen atoms in total. The topological polar surface area (TPSA) is 74.8 Å². The second-order valence-electron chi connectivity index (χ2n) is 6.47. The van der Waals surface area contributed by atoms with Crippen molar-refractivity contribution >= 4 is 40.7 Å². The molecule has 7 heteroatoms. The first-order valence-electron chi connectivity index (χ1n) is 8.69. The van der Waals surface area contributed by atoms with Crippen LogP contribution in [0.4, 0.5) is 5.69 Å². The summed E-state index contributed by atoms with van der Waals surface area (Å²) in [6.45, 7) is 6.00. The molecule has 0 saturated heterocycles. The smallest absolute Gasteiger partial charge is 0.275 e. The van der Waals surface area contributed by atoms with Crippen LogP contribution in [-0.2, 0) is 9.59 Å². The maximum Gasteiger partial charge on any atom is 0.275 e. The largest absolute Gasteiger partial charge is 0.342 e. The number of nitrogens with two attached hydrogens (primary N) is 1. The Balaban J connectivity index is 1.78. The molecule has 0 radical (unpaired) electrons. The summed E-state index contributed by atoms with van der Waals surface area (Å²) < 4.78 is 0. The number of nitrogens with one attached hydrogen (secondary N) is 2. The molecular formula is C20H24Cl2N3O2+. The fraction of sp³-hybridized carbons (Fsp3) is 0.300. The zero-order valence-electron chi connectivity index (χ0n) is 15.6. The number of benzene rings is 2. The van der Waals surface area contributed by atoms with E-state index in [0.717, 1.165) is 22.4 Å². The van der Waals surface area contributed by atoms with Crippen LogP contribution in [0.3, 0.4) is 0 Å². The van der Waals surface area contributed by atoms with Gasteiger partial charge in [0.25, 0.3) is 5.91 Å². The number of quaternary nitrogens is 1. The van der Waals surface area contributed by atoms with Crippen LogP contribution in [-0.4, -0.2) is 24.9 Å². The SMILES string of the molecule is Cc1cccc(NC(=O)CNC(=O)C[NH2+][C@@H](C)c2ccc(Cl)cc2Cl)c1C. The number of amides is 2. The van der Waals surface area contributed by atoms with Crippen LogP contribution in [0, 0.1) is 13.8 Å². The maximum absolute atomic E-state index is 12.1. The fourth-order valence-electron chi connectivity index (χ4n) is 2.61. The van der Waals surface area contributed by atoms with Gasteiger partial charge in [-0.2, -0.15) is 0 Å². The summed E-state index contributed by atoms with van der Waals surface area (Å²) in [7, 11) is 0. The van der Waals surface area contributed by atoms with Gasteiger partial charge in [0.1, 0.15) is 6.04 Å². The summed E-state index contributed by atoms with van der Waals surface area (Å²) in [6, 6.07) is 11.0. The summed E-state index contributed by atoms with van der Waals surface area (Å²) in [4.78, 5) is 24.1. The molecule has 2 aromatic rings. The van der Waals surface area contributed by atoms with Crippen LogP contribution >= 0.6 is 23.2 Å². The predicted molar refractivity (Wildman–Crippen MR) is 109 cm³/mol. The average Bonchev–Trinajstić information content (AvgIpc) is 2.62. The Kier molecular flexibility index (Phi) is 7.66. The number of hydrogen-bond acceptors (Lipinski definition) is 2. The molecular weight excluding hydrogens is 385 g/mol. The first-order chi connectivity index (χ1) is 12.8. The van der Waals surface area contributed by atoms with Crippen molar-refractivity contribution in [1.82, 2.24) is 5.32 Å². The fourth-order valence-corrected chi connectivity index (χ4v) is 3.19. The Morgan fingerprint density at radius 2 is 1.85 bits per heavy atom. The molecule has 0 aliphatic carbocycles. The molecule has 0 fully saturated rings. The van der Waals surface area contributed by atoms with Gasteiger partial charge in [-0.3, -0.25) is 9.59 Å². The first kappa shape index (κ1) is 21.2. The second-order valence-corrected chi connectivity index (χ2v) is 7.31. The molecule has 0 spiro atoms. The van der Waals surface area contributed by atoms with Crippen LogP contribution in [0.2, 0.25) is 10.0 Å². The van der Waals surface area contributed by atoms with Gasteiger partial charge in [0.05, 0.1) is 11.6 Å². The molecule has 1 atom stereocenters. The van der Waals surface area contributed by atoms with Gasteiger partial charge in [-0.15, -0.1) is 0 Å². The lowest BCUT2D eigenvalue weighted by molar-refractivity contribution is -0.682. The highest BCUT2D eigenvalue weighted by Gasteiger charge is 2.15. The molecule has 2 aromatic carbocycles. The molecule has 2 rings (SSSR count). The van der Waals surface area contributed by atoms with E-state index in [2.05, 4.69) is 10.6 Å². The minimum absolute atomic E-state index is 0.00992. The predicted octanol–water partition coefficient (Wildman–Crippen LogP) is 2.99. The molecule has 0 aromatic heterocycles.